The summed E-state index contributed by atoms with van der Waals surface area (Å²) in [4.78, 5) is 5.51. The lowest BCUT2D eigenvalue weighted by atomic mass is 9.36. The van der Waals surface area contributed by atoms with Gasteiger partial charge in [-0.25, -0.2) is 0 Å². The van der Waals surface area contributed by atoms with Crippen LogP contribution in [0.25, 0.3) is 54.6 Å². The molecule has 4 aliphatic carbocycles. The van der Waals surface area contributed by atoms with Crippen molar-refractivity contribution in [3.8, 4) is 44.5 Å². The zero-order valence-corrected chi connectivity index (χ0v) is 53.6. The topological polar surface area (TPSA) is 6.48 Å². The van der Waals surface area contributed by atoms with Crippen LogP contribution in [-0.4, -0.2) is 6.71 Å². The molecule has 1 spiro atoms. The number of fused-ring (bicyclic) bond motifs is 13. The lowest BCUT2D eigenvalue weighted by molar-refractivity contribution is 0.332. The first-order chi connectivity index (χ1) is 41.2. The van der Waals surface area contributed by atoms with Crippen molar-refractivity contribution in [1.82, 2.24) is 0 Å². The van der Waals surface area contributed by atoms with E-state index in [0.717, 1.165) is 0 Å². The maximum atomic E-state index is 2.84. The molecule has 1 saturated carbocycles. The zero-order chi connectivity index (χ0) is 59.1. The van der Waals surface area contributed by atoms with E-state index in [2.05, 4.69) is 268 Å². The summed E-state index contributed by atoms with van der Waals surface area (Å²) < 4.78 is 2.83. The third kappa shape index (κ3) is 7.76. The van der Waals surface area contributed by atoms with Gasteiger partial charge in [0.1, 0.15) is 0 Å². The van der Waals surface area contributed by atoms with Gasteiger partial charge in [0.2, 0.25) is 0 Å². The standard InChI is InChI=1S/C82H81BN2S/c1-49-21-18-22-50(2)72(49)55-32-36-67-66(44-55)83-75-69(84(67)57-33-29-53(30-34-57)54-31-35-61-63(43-54)79(7,8)40-39-78(61,5)6)45-56(73-51(3)23-19-24-52(73)4)46-70(75)85(76-59-47-64-65(48-71(59)86-77(76)83)81(11,12)42-41-80(64,9)10)68-28-20-27-62-74(68)58-25-14-15-26-60(58)82(62)37-16-13-17-38-82/h14-15,18-36,43-48H,13,16-17,37-42H2,1-12H3. The van der Waals surface area contributed by atoms with Crippen molar-refractivity contribution in [3.63, 3.8) is 0 Å². The van der Waals surface area contributed by atoms with Crippen LogP contribution in [0.2, 0.25) is 0 Å². The Balaban J connectivity index is 1.02. The van der Waals surface area contributed by atoms with Crippen LogP contribution >= 0.6 is 11.3 Å². The van der Waals surface area contributed by atoms with Crippen LogP contribution in [0.5, 0.6) is 0 Å². The van der Waals surface area contributed by atoms with Gasteiger partial charge in [-0.2, -0.15) is 0 Å². The predicted octanol–water partition coefficient (Wildman–Crippen LogP) is 21.1. The summed E-state index contributed by atoms with van der Waals surface area (Å²) in [5.74, 6) is 0. The second-order valence-electron chi connectivity index (χ2n) is 29.8. The fourth-order valence-electron chi connectivity index (χ4n) is 17.9. The van der Waals surface area contributed by atoms with Gasteiger partial charge < -0.3 is 9.80 Å². The first-order valence-electron chi connectivity index (χ1n) is 32.4. The van der Waals surface area contributed by atoms with Crippen molar-refractivity contribution in [1.29, 1.82) is 0 Å². The highest BCUT2D eigenvalue weighted by atomic mass is 32.1. The van der Waals surface area contributed by atoms with Crippen molar-refractivity contribution < 1.29 is 0 Å². The first-order valence-corrected chi connectivity index (χ1v) is 33.2. The minimum absolute atomic E-state index is 0.00414. The lowest BCUT2D eigenvalue weighted by Crippen LogP contribution is -2.60. The average molecular weight is 1140 g/mol. The summed E-state index contributed by atoms with van der Waals surface area (Å²) in [6.07, 6.45) is 11.0. The third-order valence-electron chi connectivity index (χ3n) is 22.7. The fraction of sp³-hybridized carbons (Fsp3) is 0.317. The van der Waals surface area contributed by atoms with Crippen LogP contribution in [0, 0.1) is 27.7 Å². The van der Waals surface area contributed by atoms with Crippen molar-refractivity contribution in [2.24, 2.45) is 0 Å². The Kier molecular flexibility index (Phi) is 11.8. The highest BCUT2D eigenvalue weighted by molar-refractivity contribution is 7.33. The van der Waals surface area contributed by atoms with Gasteiger partial charge in [-0.1, -0.05) is 190 Å². The van der Waals surface area contributed by atoms with E-state index in [1.807, 2.05) is 0 Å². The minimum atomic E-state index is -0.0413. The molecule has 2 aliphatic heterocycles. The van der Waals surface area contributed by atoms with E-state index in [0.29, 0.717) is 0 Å². The van der Waals surface area contributed by atoms with E-state index >= 15 is 0 Å². The minimum Gasteiger partial charge on any atom is -0.311 e. The molecule has 86 heavy (non-hydrogen) atoms. The number of rotatable bonds is 5. The Bertz CT molecular complexity index is 4480. The van der Waals surface area contributed by atoms with Gasteiger partial charge in [0.05, 0.1) is 11.4 Å². The van der Waals surface area contributed by atoms with Gasteiger partial charge in [0.25, 0.3) is 6.71 Å². The molecule has 1 aromatic heterocycles. The zero-order valence-electron chi connectivity index (χ0n) is 52.8. The molecule has 1 fully saturated rings. The summed E-state index contributed by atoms with van der Waals surface area (Å²) in [5, 5.41) is 1.38. The highest BCUT2D eigenvalue weighted by Crippen LogP contribution is 2.61. The molecule has 4 heteroatoms. The van der Waals surface area contributed by atoms with Crippen LogP contribution < -0.4 is 25.5 Å². The number of aryl methyl sites for hydroxylation is 4. The van der Waals surface area contributed by atoms with Crippen molar-refractivity contribution in [2.45, 2.75) is 168 Å². The number of thiophene rings is 1. The molecule has 2 nitrogen and oxygen atoms in total. The molecule has 16 rings (SSSR count). The maximum absolute atomic E-state index is 2.84. The quantitative estimate of drug-likeness (QED) is 0.159. The van der Waals surface area contributed by atoms with Gasteiger partial charge in [0.15, 0.2) is 0 Å². The third-order valence-corrected chi connectivity index (χ3v) is 23.9. The summed E-state index contributed by atoms with van der Waals surface area (Å²) in [5.41, 5.74) is 35.7. The van der Waals surface area contributed by atoms with Gasteiger partial charge in [-0.15, -0.1) is 11.3 Å². The summed E-state index contributed by atoms with van der Waals surface area (Å²) in [7, 11) is 0. The Morgan fingerprint density at radius 3 is 1.59 bits per heavy atom. The van der Waals surface area contributed by atoms with E-state index in [1.54, 1.807) is 0 Å². The Morgan fingerprint density at radius 2 is 0.930 bits per heavy atom. The molecule has 3 heterocycles. The molecule has 0 atom stereocenters. The van der Waals surface area contributed by atoms with Crippen LogP contribution in [0.1, 0.15) is 169 Å². The summed E-state index contributed by atoms with van der Waals surface area (Å²) in [6.45, 7) is 29.0. The Morgan fingerprint density at radius 1 is 0.384 bits per heavy atom. The number of hydrogen-bond donors (Lipinski definition) is 0. The summed E-state index contributed by atoms with van der Waals surface area (Å²) >= 11 is 2.07. The van der Waals surface area contributed by atoms with Gasteiger partial charge in [-0.3, -0.25) is 0 Å². The van der Waals surface area contributed by atoms with Crippen LogP contribution in [0.3, 0.4) is 0 Å². The van der Waals surface area contributed by atoms with Gasteiger partial charge >= 0.3 is 0 Å². The van der Waals surface area contributed by atoms with Crippen LogP contribution in [0.4, 0.5) is 34.1 Å². The van der Waals surface area contributed by atoms with E-state index in [4.69, 9.17) is 0 Å². The number of hydrogen-bond acceptors (Lipinski definition) is 3. The Hall–Kier alpha value is -7.40. The molecule has 9 aromatic carbocycles. The van der Waals surface area contributed by atoms with Crippen LogP contribution in [0.15, 0.2) is 164 Å². The normalized spacial score (nSPS) is 18.4. The molecule has 6 aliphatic rings. The summed E-state index contributed by atoms with van der Waals surface area (Å²) in [6, 6.07) is 65.8. The van der Waals surface area contributed by atoms with Crippen molar-refractivity contribution in [2.75, 3.05) is 9.80 Å². The molecule has 0 N–H and O–H groups in total. The predicted molar refractivity (Wildman–Crippen MR) is 371 cm³/mol. The van der Waals surface area contributed by atoms with E-state index < -0.39 is 0 Å². The molecule has 0 saturated heterocycles. The second-order valence-corrected chi connectivity index (χ2v) is 30.9. The van der Waals surface area contributed by atoms with E-state index in [9.17, 15) is 0 Å². The highest BCUT2D eigenvalue weighted by Gasteiger charge is 2.50. The van der Waals surface area contributed by atoms with Gasteiger partial charge in [-0.05, 0) is 242 Å². The van der Waals surface area contributed by atoms with E-state index in [1.165, 1.54) is 218 Å². The fourth-order valence-corrected chi connectivity index (χ4v) is 19.2. The smallest absolute Gasteiger partial charge is 0.264 e. The lowest BCUT2D eigenvalue weighted by Gasteiger charge is -2.44. The first kappa shape index (κ1) is 54.0. The number of benzene rings is 9. The molecule has 0 radical (unpaired) electrons. The molecule has 0 bridgehead atoms. The van der Waals surface area contributed by atoms with Crippen molar-refractivity contribution >= 4 is 78.0 Å². The number of nitrogens with zero attached hydrogens (tertiary/aromatic N) is 2. The van der Waals surface area contributed by atoms with Crippen molar-refractivity contribution in [3.05, 3.63) is 219 Å². The molecular formula is C82H81BN2S. The molecule has 0 unspecified atom stereocenters. The second kappa shape index (κ2) is 18.8. The molecular weight excluding hydrogens is 1060 g/mol. The Labute approximate surface area is 516 Å². The maximum Gasteiger partial charge on any atom is 0.264 e. The largest absolute Gasteiger partial charge is 0.311 e. The van der Waals surface area contributed by atoms with E-state index in [-0.39, 0.29) is 33.8 Å². The van der Waals surface area contributed by atoms with Gasteiger partial charge in [0, 0.05) is 48.6 Å². The SMILES string of the molecule is Cc1cccc(C)c1-c1ccc2c(c1)B1c3sc4cc5c(cc4c3N(c3cccc4c3-c3ccccc3C43CCCCC3)c3cc(-c4c(C)cccc4C)cc(c31)N2c1ccc(-c2ccc3c(c2)C(C)(C)CCC3(C)C)cc1)C(C)(C)CCC5(C)C. The van der Waals surface area contributed by atoms with Crippen LogP contribution in [-0.2, 0) is 27.1 Å². The molecule has 0 amide bonds. The average Bonchev–Trinajstić information content (AvgIpc) is 1.32. The molecule has 428 valence electrons. The monoisotopic (exact) mass is 1140 g/mol. The molecule has 10 aromatic rings. The number of anilines is 6.